The minimum Gasteiger partial charge on any atom is -0.389 e. The lowest BCUT2D eigenvalue weighted by atomic mass is 9.82. The number of rotatable bonds is 18. The van der Waals surface area contributed by atoms with E-state index < -0.39 is 47.9 Å². The molecule has 4 N–H and O–H groups in total. The molecule has 1 fully saturated rings. The van der Waals surface area contributed by atoms with Gasteiger partial charge in [-0.2, -0.15) is 0 Å². The van der Waals surface area contributed by atoms with Gasteiger partial charge in [-0.05, 0) is 44.8 Å². The fourth-order valence-corrected chi connectivity index (χ4v) is 5.76. The maximum absolute atomic E-state index is 13.8. The van der Waals surface area contributed by atoms with Gasteiger partial charge in [-0.1, -0.05) is 69.4 Å². The highest BCUT2D eigenvalue weighted by atomic mass is 16.3. The second kappa shape index (κ2) is 19.9. The number of nitrogens with one attached hydrogen (secondary N) is 2. The van der Waals surface area contributed by atoms with Crippen molar-refractivity contribution in [2.75, 3.05) is 33.7 Å². The van der Waals surface area contributed by atoms with Crippen molar-refractivity contribution in [3.8, 4) is 24.7 Å². The molecule has 2 rings (SSSR count). The summed E-state index contributed by atoms with van der Waals surface area (Å²) in [7, 11) is 3.71. The van der Waals surface area contributed by atoms with Crippen molar-refractivity contribution in [2.24, 2.45) is 17.8 Å². The first-order valence-electron chi connectivity index (χ1n) is 16.3. The molecule has 248 valence electrons. The summed E-state index contributed by atoms with van der Waals surface area (Å²) in [5.41, 5.74) is 0.892. The van der Waals surface area contributed by atoms with Crippen molar-refractivity contribution in [3.05, 3.63) is 35.9 Å². The maximum atomic E-state index is 13.8. The normalized spacial score (nSPS) is 17.5. The summed E-state index contributed by atoms with van der Waals surface area (Å²) in [6.07, 6.45) is 14.6. The lowest BCUT2D eigenvalue weighted by Gasteiger charge is -2.33. The number of carbonyl (C=O) groups is 3. The van der Waals surface area contributed by atoms with Crippen molar-refractivity contribution in [1.82, 2.24) is 20.4 Å². The van der Waals surface area contributed by atoms with Gasteiger partial charge < -0.3 is 30.6 Å². The second-order valence-electron chi connectivity index (χ2n) is 12.6. The van der Waals surface area contributed by atoms with Crippen LogP contribution < -0.4 is 10.6 Å². The summed E-state index contributed by atoms with van der Waals surface area (Å²) < 4.78 is 0. The smallest absolute Gasteiger partial charge is 0.244 e. The molecule has 0 radical (unpaired) electrons. The molecule has 0 aromatic heterocycles. The Morgan fingerprint density at radius 1 is 1.00 bits per heavy atom. The van der Waals surface area contributed by atoms with Gasteiger partial charge in [0, 0.05) is 38.9 Å². The molecule has 1 aromatic rings. The van der Waals surface area contributed by atoms with E-state index in [9.17, 15) is 24.6 Å². The van der Waals surface area contributed by atoms with Crippen LogP contribution in [0.5, 0.6) is 0 Å². The van der Waals surface area contributed by atoms with Crippen molar-refractivity contribution in [1.29, 1.82) is 0 Å². The Morgan fingerprint density at radius 3 is 2.27 bits per heavy atom. The number of aliphatic hydroxyl groups is 2. The van der Waals surface area contributed by atoms with Crippen LogP contribution in [0.2, 0.25) is 0 Å². The zero-order valence-corrected chi connectivity index (χ0v) is 27.6. The number of nitrogens with zero attached hydrogens (tertiary/aromatic N) is 2. The van der Waals surface area contributed by atoms with Gasteiger partial charge in [0.2, 0.25) is 17.7 Å². The Bertz CT molecular complexity index is 1140. The average molecular weight is 623 g/mol. The topological polar surface area (TPSA) is 122 Å². The van der Waals surface area contributed by atoms with Gasteiger partial charge >= 0.3 is 0 Å². The van der Waals surface area contributed by atoms with Crippen LogP contribution in [0.4, 0.5) is 0 Å². The molecule has 1 saturated carbocycles. The van der Waals surface area contributed by atoms with E-state index in [1.165, 1.54) is 0 Å². The zero-order chi connectivity index (χ0) is 33.4. The van der Waals surface area contributed by atoms with E-state index in [-0.39, 0.29) is 24.7 Å². The highest BCUT2D eigenvalue weighted by Crippen LogP contribution is 2.29. The number of hydrogen-bond acceptors (Lipinski definition) is 6. The molecule has 45 heavy (non-hydrogen) atoms. The SMILES string of the molecule is C#CC[C@H](O)[C@H](O)[C@H](CC1CCCCC1)NC(=O)[C@@H](NC(=O)[C@@H](CC(=O)N(C)CCN(C)CC)Cc1ccccc1)C(C)C#C. The lowest BCUT2D eigenvalue weighted by molar-refractivity contribution is -0.137. The molecule has 0 saturated heterocycles. The molecule has 0 bridgehead atoms. The zero-order valence-electron chi connectivity index (χ0n) is 27.6. The molecular weight excluding hydrogens is 568 g/mol. The highest BCUT2D eigenvalue weighted by molar-refractivity contribution is 5.91. The molecular formula is C36H54N4O5. The van der Waals surface area contributed by atoms with Gasteiger partial charge in [-0.15, -0.1) is 24.7 Å². The van der Waals surface area contributed by atoms with E-state index in [4.69, 9.17) is 12.8 Å². The summed E-state index contributed by atoms with van der Waals surface area (Å²) in [4.78, 5) is 44.6. The first-order chi connectivity index (χ1) is 21.5. The minimum atomic E-state index is -1.28. The Labute approximate surface area is 270 Å². The first-order valence-corrected chi connectivity index (χ1v) is 16.3. The van der Waals surface area contributed by atoms with Gasteiger partial charge in [0.15, 0.2) is 0 Å². The van der Waals surface area contributed by atoms with Crippen molar-refractivity contribution in [3.63, 3.8) is 0 Å². The summed E-state index contributed by atoms with van der Waals surface area (Å²) in [6.45, 7) is 5.81. The maximum Gasteiger partial charge on any atom is 0.244 e. The second-order valence-corrected chi connectivity index (χ2v) is 12.6. The third kappa shape index (κ3) is 12.9. The van der Waals surface area contributed by atoms with Crippen molar-refractivity contribution in [2.45, 2.75) is 95.9 Å². The molecule has 1 aliphatic carbocycles. The van der Waals surface area contributed by atoms with Gasteiger partial charge in [0.25, 0.3) is 0 Å². The fraction of sp³-hybridized carbons (Fsp3) is 0.639. The molecule has 9 nitrogen and oxygen atoms in total. The van der Waals surface area contributed by atoms with E-state index >= 15 is 0 Å². The molecule has 9 heteroatoms. The molecule has 1 unspecified atom stereocenters. The lowest BCUT2D eigenvalue weighted by Crippen LogP contribution is -2.57. The summed E-state index contributed by atoms with van der Waals surface area (Å²) in [5, 5.41) is 27.3. The third-order valence-corrected chi connectivity index (χ3v) is 9.02. The van der Waals surface area contributed by atoms with Crippen LogP contribution in [0.25, 0.3) is 0 Å². The van der Waals surface area contributed by atoms with Crippen LogP contribution in [0.15, 0.2) is 30.3 Å². The molecule has 0 heterocycles. The van der Waals surface area contributed by atoms with E-state index in [1.54, 1.807) is 18.9 Å². The van der Waals surface area contributed by atoms with Crippen LogP contribution >= 0.6 is 0 Å². The summed E-state index contributed by atoms with van der Waals surface area (Å²) in [5.74, 6) is 2.62. The largest absolute Gasteiger partial charge is 0.389 e. The number of amides is 3. The van der Waals surface area contributed by atoms with Crippen molar-refractivity contribution >= 4 is 17.7 Å². The number of likely N-dealkylation sites (N-methyl/N-ethyl adjacent to an activating group) is 2. The molecule has 1 aliphatic rings. The third-order valence-electron chi connectivity index (χ3n) is 9.02. The van der Waals surface area contributed by atoms with Gasteiger partial charge in [0.05, 0.1) is 18.1 Å². The molecule has 3 amide bonds. The molecule has 0 spiro atoms. The van der Waals surface area contributed by atoms with Crippen LogP contribution in [-0.4, -0.2) is 95.8 Å². The Hall–Kier alpha value is -3.37. The summed E-state index contributed by atoms with van der Waals surface area (Å²) in [6, 6.07) is 7.55. The number of terminal acetylenes is 2. The van der Waals surface area contributed by atoms with E-state index in [0.29, 0.717) is 25.9 Å². The fourth-order valence-electron chi connectivity index (χ4n) is 5.76. The molecule has 6 atom stereocenters. The van der Waals surface area contributed by atoms with Crippen LogP contribution in [0.1, 0.15) is 70.8 Å². The number of hydrogen-bond donors (Lipinski definition) is 4. The number of benzene rings is 1. The highest BCUT2D eigenvalue weighted by Gasteiger charge is 2.35. The van der Waals surface area contributed by atoms with E-state index in [1.807, 2.05) is 44.3 Å². The molecule has 0 aliphatic heterocycles. The predicted molar refractivity (Wildman–Crippen MR) is 178 cm³/mol. The molecule has 1 aromatic carbocycles. The average Bonchev–Trinajstić information content (AvgIpc) is 3.05. The van der Waals surface area contributed by atoms with Crippen LogP contribution in [0, 0.1) is 42.4 Å². The van der Waals surface area contributed by atoms with Gasteiger partial charge in [0.1, 0.15) is 12.1 Å². The van der Waals surface area contributed by atoms with Crippen LogP contribution in [-0.2, 0) is 20.8 Å². The van der Waals surface area contributed by atoms with E-state index in [2.05, 4.69) is 27.4 Å². The predicted octanol–water partition coefficient (Wildman–Crippen LogP) is 2.60. The summed E-state index contributed by atoms with van der Waals surface area (Å²) >= 11 is 0. The minimum absolute atomic E-state index is 0.0346. The van der Waals surface area contributed by atoms with Gasteiger partial charge in [-0.3, -0.25) is 14.4 Å². The van der Waals surface area contributed by atoms with Crippen LogP contribution in [0.3, 0.4) is 0 Å². The van der Waals surface area contributed by atoms with Gasteiger partial charge in [-0.25, -0.2) is 0 Å². The monoisotopic (exact) mass is 622 g/mol. The Kier molecular flexibility index (Phi) is 16.7. The number of aliphatic hydroxyl groups excluding tert-OH is 2. The Balaban J connectivity index is 2.26. The van der Waals surface area contributed by atoms with E-state index in [0.717, 1.165) is 44.2 Å². The van der Waals surface area contributed by atoms with Crippen molar-refractivity contribution < 1.29 is 24.6 Å². The first kappa shape index (κ1) is 37.8. The number of carbonyl (C=O) groups excluding carboxylic acids is 3. The quantitative estimate of drug-likeness (QED) is 0.187. The standard InChI is InChI=1S/C36H54N4O5/c1-7-16-31(41)34(43)30(24-28-19-14-11-15-20-28)37-36(45)33(26(4)8-2)38-35(44)29(23-27-17-12-10-13-18-27)25-32(42)40(6)22-21-39(5)9-3/h1-2,10,12-13,17-18,26,28-31,33-34,41,43H,9,11,14-16,19-25H2,3-6H3,(H,37,45)(H,38,44)/t26?,29-,30+,31+,33+,34-/m1/s1. The Morgan fingerprint density at radius 2 is 1.67 bits per heavy atom.